The number of ketones is 1. The van der Waals surface area contributed by atoms with Crippen molar-refractivity contribution in [2.45, 2.75) is 71.0 Å². The first-order chi connectivity index (χ1) is 13.7. The first kappa shape index (κ1) is 22.3. The lowest BCUT2D eigenvalue weighted by atomic mass is 9.47. The first-order valence-electron chi connectivity index (χ1n) is 10.3. The molecule has 2 N–H and O–H groups in total. The third-order valence-electron chi connectivity index (χ3n) is 8.26. The van der Waals surface area contributed by atoms with Gasteiger partial charge in [0.25, 0.3) is 0 Å². The molecule has 0 spiro atoms. The number of rotatable bonds is 4. The molecule has 0 saturated heterocycles. The highest BCUT2D eigenvalue weighted by Gasteiger charge is 2.61. The van der Waals surface area contributed by atoms with E-state index in [4.69, 9.17) is 12.9 Å². The molecule has 0 aromatic rings. The van der Waals surface area contributed by atoms with E-state index in [-0.39, 0.29) is 35.4 Å². The van der Waals surface area contributed by atoms with Crippen molar-refractivity contribution in [3.63, 3.8) is 0 Å². The Morgan fingerprint density at radius 1 is 0.933 bits per heavy atom. The fourth-order valence-electron chi connectivity index (χ4n) is 6.85. The van der Waals surface area contributed by atoms with Gasteiger partial charge in [0.2, 0.25) is 0 Å². The molecule has 0 aromatic carbocycles. The van der Waals surface area contributed by atoms with E-state index >= 15 is 0 Å². The Kier molecular flexibility index (Phi) is 5.27. The molecule has 11 heteroatoms. The summed E-state index contributed by atoms with van der Waals surface area (Å²) >= 11 is 0. The van der Waals surface area contributed by atoms with Crippen molar-refractivity contribution in [1.82, 2.24) is 0 Å². The number of Topliss-reactive ketones (excluding diaryl/α,β-unsaturated/α-hetero) is 1. The average Bonchev–Trinajstić information content (AvgIpc) is 2.89. The summed E-state index contributed by atoms with van der Waals surface area (Å²) in [5, 5.41) is 0. The van der Waals surface area contributed by atoms with Gasteiger partial charge in [-0.3, -0.25) is 13.9 Å². The van der Waals surface area contributed by atoms with E-state index in [1.165, 1.54) is 0 Å². The molecule has 7 atom stereocenters. The molecule has 30 heavy (non-hydrogen) atoms. The molecule has 9 nitrogen and oxygen atoms in total. The summed E-state index contributed by atoms with van der Waals surface area (Å²) in [6, 6.07) is 0. The predicted octanol–water partition coefficient (Wildman–Crippen LogP) is 2.50. The van der Waals surface area contributed by atoms with E-state index in [0.717, 1.165) is 5.57 Å². The van der Waals surface area contributed by atoms with Crippen LogP contribution in [0.3, 0.4) is 0 Å². The fourth-order valence-corrected chi connectivity index (χ4v) is 7.82. The van der Waals surface area contributed by atoms with E-state index in [1.807, 2.05) is 6.92 Å². The Morgan fingerprint density at radius 2 is 1.53 bits per heavy atom. The van der Waals surface area contributed by atoms with Crippen LogP contribution in [0.15, 0.2) is 11.6 Å². The summed E-state index contributed by atoms with van der Waals surface area (Å²) in [7, 11) is -9.34. The third-order valence-corrected chi connectivity index (χ3v) is 9.24. The minimum Gasteiger partial charge on any atom is -0.299 e. The minimum atomic E-state index is -4.73. The molecule has 4 rings (SSSR count). The normalized spacial score (nSPS) is 44.1. The van der Waals surface area contributed by atoms with Crippen LogP contribution in [-0.4, -0.2) is 43.9 Å². The van der Waals surface area contributed by atoms with E-state index in [9.17, 15) is 26.2 Å². The van der Waals surface area contributed by atoms with E-state index in [0.29, 0.717) is 38.5 Å². The molecule has 0 radical (unpaired) electrons. The van der Waals surface area contributed by atoms with Crippen LogP contribution >= 0.6 is 0 Å². The topological polar surface area (TPSA) is 144 Å². The van der Waals surface area contributed by atoms with Gasteiger partial charge >= 0.3 is 20.8 Å². The molecular formula is C19H28O9S2. The predicted molar refractivity (Wildman–Crippen MR) is 105 cm³/mol. The lowest BCUT2D eigenvalue weighted by Crippen LogP contribution is -2.55. The zero-order valence-electron chi connectivity index (χ0n) is 17.0. The van der Waals surface area contributed by atoms with Crippen molar-refractivity contribution < 1.29 is 39.1 Å². The Morgan fingerprint density at radius 3 is 2.17 bits per heavy atom. The van der Waals surface area contributed by atoms with Crippen molar-refractivity contribution in [1.29, 1.82) is 0 Å². The Hall–Kier alpha value is -0.850. The molecule has 0 heterocycles. The molecule has 0 aliphatic heterocycles. The van der Waals surface area contributed by atoms with Gasteiger partial charge in [0.1, 0.15) is 11.9 Å². The highest BCUT2D eigenvalue weighted by molar-refractivity contribution is 7.81. The second kappa shape index (κ2) is 7.08. The van der Waals surface area contributed by atoms with Gasteiger partial charge in [-0.15, -0.1) is 0 Å². The van der Waals surface area contributed by atoms with Crippen LogP contribution in [0, 0.1) is 28.6 Å². The Bertz CT molecular complexity index is 985. The maximum absolute atomic E-state index is 12.6. The van der Waals surface area contributed by atoms with Gasteiger partial charge in [-0.2, -0.15) is 16.8 Å². The molecule has 0 aromatic heterocycles. The van der Waals surface area contributed by atoms with Gasteiger partial charge in [0, 0.05) is 11.8 Å². The maximum Gasteiger partial charge on any atom is 0.397 e. The summed E-state index contributed by atoms with van der Waals surface area (Å²) in [5.41, 5.74) is -0.0321. The average molecular weight is 465 g/mol. The number of carbonyl (C=O) groups excluding carboxylic acids is 1. The zero-order chi connectivity index (χ0) is 22.1. The van der Waals surface area contributed by atoms with E-state index in [1.54, 1.807) is 6.08 Å². The van der Waals surface area contributed by atoms with E-state index in [2.05, 4.69) is 6.92 Å². The summed E-state index contributed by atoms with van der Waals surface area (Å²) in [5.74, 6) is -0.0662. The molecule has 0 bridgehead atoms. The van der Waals surface area contributed by atoms with Crippen molar-refractivity contribution in [3.8, 4) is 0 Å². The Balaban J connectivity index is 1.74. The summed E-state index contributed by atoms with van der Waals surface area (Å²) in [4.78, 5) is 12.6. The Labute approximate surface area is 177 Å². The summed E-state index contributed by atoms with van der Waals surface area (Å²) < 4.78 is 73.8. The largest absolute Gasteiger partial charge is 0.397 e. The van der Waals surface area contributed by atoms with Crippen molar-refractivity contribution in [2.75, 3.05) is 0 Å². The molecule has 3 fully saturated rings. The molecule has 0 unspecified atom stereocenters. The molecular weight excluding hydrogens is 436 g/mol. The van der Waals surface area contributed by atoms with Crippen LogP contribution in [-0.2, 0) is 34.0 Å². The quantitative estimate of drug-likeness (QED) is 0.473. The highest BCUT2D eigenvalue weighted by Crippen LogP contribution is 2.64. The van der Waals surface area contributed by atoms with Crippen LogP contribution in [0.5, 0.6) is 0 Å². The van der Waals surface area contributed by atoms with Crippen LogP contribution in [0.2, 0.25) is 0 Å². The monoisotopic (exact) mass is 464 g/mol. The van der Waals surface area contributed by atoms with Gasteiger partial charge in [0.05, 0.1) is 6.10 Å². The van der Waals surface area contributed by atoms with Gasteiger partial charge in [-0.05, 0) is 61.7 Å². The van der Waals surface area contributed by atoms with Crippen molar-refractivity contribution in [2.24, 2.45) is 28.6 Å². The van der Waals surface area contributed by atoms with Gasteiger partial charge < -0.3 is 0 Å². The van der Waals surface area contributed by atoms with Gasteiger partial charge in [0.15, 0.2) is 0 Å². The van der Waals surface area contributed by atoms with Crippen molar-refractivity contribution in [3.05, 3.63) is 11.6 Å². The fraction of sp³-hybridized carbons (Fsp3) is 0.842. The van der Waals surface area contributed by atoms with Crippen molar-refractivity contribution >= 4 is 26.6 Å². The van der Waals surface area contributed by atoms with Crippen LogP contribution in [0.4, 0.5) is 0 Å². The smallest absolute Gasteiger partial charge is 0.299 e. The summed E-state index contributed by atoms with van der Waals surface area (Å²) in [6.07, 6.45) is 3.79. The SMILES string of the molecule is C[C@]12CC[C@H](OS(=O)(=O)O)CC1=C[C@@H](OS(=O)(=O)O)[C@@H]1[C@@H]2CC[C@]2(C)C(=O)CC[C@@H]12. The number of fused-ring (bicyclic) bond motifs is 5. The number of hydrogen-bond acceptors (Lipinski definition) is 7. The maximum atomic E-state index is 12.6. The highest BCUT2D eigenvalue weighted by atomic mass is 32.3. The lowest BCUT2D eigenvalue weighted by molar-refractivity contribution is -0.134. The molecule has 0 amide bonds. The van der Waals surface area contributed by atoms with Gasteiger partial charge in [-0.1, -0.05) is 25.5 Å². The molecule has 4 aliphatic carbocycles. The third kappa shape index (κ3) is 3.77. The first-order valence-corrected chi connectivity index (χ1v) is 13.0. The molecule has 170 valence electrons. The van der Waals surface area contributed by atoms with E-state index < -0.39 is 38.4 Å². The molecule has 3 saturated carbocycles. The van der Waals surface area contributed by atoms with Crippen LogP contribution in [0.1, 0.15) is 58.8 Å². The lowest BCUT2D eigenvalue weighted by Gasteiger charge is -2.58. The summed E-state index contributed by atoms with van der Waals surface area (Å²) in [6.45, 7) is 4.04. The standard InChI is InChI=1S/C19H28O9S2/c1-18-7-5-12(27-29(21,22)23)9-11(18)10-15(28-30(24,25)26)17-13-3-4-16(20)19(13,2)8-6-14(17)18/h10,12-15,17H,3-9H2,1-2H3,(H,21,22,23)(H,24,25,26)/t12-,13-,14-,15+,17-,18-,19-/m0/s1. The number of carbonyl (C=O) groups is 1. The van der Waals surface area contributed by atoms with Crippen LogP contribution < -0.4 is 0 Å². The van der Waals surface area contributed by atoms with Crippen LogP contribution in [0.25, 0.3) is 0 Å². The second-order valence-corrected chi connectivity index (χ2v) is 11.8. The minimum absolute atomic E-state index is 0.0277. The van der Waals surface area contributed by atoms with Gasteiger partial charge in [-0.25, -0.2) is 8.37 Å². The number of hydrogen-bond donors (Lipinski definition) is 2. The molecule has 4 aliphatic rings. The second-order valence-electron chi connectivity index (χ2n) is 9.70. The zero-order valence-corrected chi connectivity index (χ0v) is 18.6.